The number of carbonyl (C=O) groups is 2. The molecule has 1 aliphatic heterocycles. The summed E-state index contributed by atoms with van der Waals surface area (Å²) in [5, 5.41) is 5.50. The maximum Gasteiger partial charge on any atom is 0.422 e. The third-order valence-electron chi connectivity index (χ3n) is 4.11. The van der Waals surface area contributed by atoms with Crippen molar-refractivity contribution in [1.82, 2.24) is 5.32 Å². The number of hydrogen-bond donors (Lipinski definition) is 2. The summed E-state index contributed by atoms with van der Waals surface area (Å²) in [6.45, 7) is -1.16. The Morgan fingerprint density at radius 3 is 2.56 bits per heavy atom. The highest BCUT2D eigenvalue weighted by molar-refractivity contribution is 6.01. The number of para-hydroxylation sites is 1. The Kier molecular flexibility index (Phi) is 5.34. The van der Waals surface area contributed by atoms with Crippen molar-refractivity contribution in [3.63, 3.8) is 0 Å². The van der Waals surface area contributed by atoms with Crippen molar-refractivity contribution in [2.45, 2.75) is 25.1 Å². The zero-order valence-corrected chi connectivity index (χ0v) is 14.2. The van der Waals surface area contributed by atoms with Gasteiger partial charge in [0.05, 0.1) is 5.92 Å². The van der Waals surface area contributed by atoms with Gasteiger partial charge in [-0.25, -0.2) is 0 Å². The molecule has 0 aromatic heterocycles. The van der Waals surface area contributed by atoms with E-state index in [9.17, 15) is 22.8 Å². The van der Waals surface area contributed by atoms with E-state index >= 15 is 0 Å². The Morgan fingerprint density at radius 2 is 1.85 bits per heavy atom. The number of rotatable bonds is 5. The lowest BCUT2D eigenvalue weighted by atomic mass is 9.90. The topological polar surface area (TPSA) is 67.4 Å². The molecule has 1 aliphatic rings. The third kappa shape index (κ3) is 4.99. The summed E-state index contributed by atoms with van der Waals surface area (Å²) in [7, 11) is 0. The molecular formula is C19H17F3N2O3. The molecule has 2 aromatic rings. The van der Waals surface area contributed by atoms with E-state index < -0.39 is 18.7 Å². The van der Waals surface area contributed by atoms with Crippen LogP contribution in [0.15, 0.2) is 48.5 Å². The smallest absolute Gasteiger partial charge is 0.422 e. The Labute approximate surface area is 153 Å². The van der Waals surface area contributed by atoms with Gasteiger partial charge in [-0.3, -0.25) is 9.59 Å². The summed E-state index contributed by atoms with van der Waals surface area (Å²) in [6.07, 6.45) is -4.33. The minimum absolute atomic E-state index is 0.0626. The highest BCUT2D eigenvalue weighted by Crippen LogP contribution is 2.32. The number of amides is 2. The van der Waals surface area contributed by atoms with E-state index in [4.69, 9.17) is 0 Å². The van der Waals surface area contributed by atoms with Crippen LogP contribution in [0.25, 0.3) is 0 Å². The molecule has 1 unspecified atom stereocenters. The number of anilines is 1. The highest BCUT2D eigenvalue weighted by atomic mass is 19.4. The average molecular weight is 378 g/mol. The Hall–Kier alpha value is -3.03. The van der Waals surface area contributed by atoms with Crippen molar-refractivity contribution < 1.29 is 27.5 Å². The first-order valence-corrected chi connectivity index (χ1v) is 8.27. The number of nitrogens with one attached hydrogen (secondary N) is 2. The fraction of sp³-hybridized carbons (Fsp3) is 0.263. The minimum atomic E-state index is -4.39. The van der Waals surface area contributed by atoms with Gasteiger partial charge in [0, 0.05) is 18.7 Å². The van der Waals surface area contributed by atoms with Crippen LogP contribution < -0.4 is 15.4 Å². The number of carbonyl (C=O) groups excluding carboxylic acids is 2. The molecule has 2 amide bonds. The third-order valence-corrected chi connectivity index (χ3v) is 4.11. The molecule has 0 saturated carbocycles. The first-order chi connectivity index (χ1) is 12.8. The monoisotopic (exact) mass is 378 g/mol. The number of ether oxygens (including phenoxy) is 1. The molecule has 2 N–H and O–H groups in total. The fourth-order valence-corrected chi connectivity index (χ4v) is 2.83. The molecule has 8 heteroatoms. The molecule has 142 valence electrons. The molecule has 5 nitrogen and oxygen atoms in total. The standard InChI is InChI=1S/C19H17F3N2O3/c20-19(21,22)11-27-13-7-5-12(6-8-13)10-23-18(26)15-9-17(25)24-16-4-2-1-3-14(15)16/h1-8,15H,9-11H2,(H,23,26)(H,24,25). The minimum Gasteiger partial charge on any atom is -0.484 e. The summed E-state index contributed by atoms with van der Waals surface area (Å²) in [6, 6.07) is 13.1. The van der Waals surface area contributed by atoms with E-state index in [0.717, 1.165) is 5.56 Å². The summed E-state index contributed by atoms with van der Waals surface area (Å²) in [5.41, 5.74) is 2.09. The van der Waals surface area contributed by atoms with Gasteiger partial charge in [-0.2, -0.15) is 13.2 Å². The lowest BCUT2D eigenvalue weighted by Gasteiger charge is -2.24. The predicted octanol–water partition coefficient (Wildman–Crippen LogP) is 3.37. The number of benzene rings is 2. The van der Waals surface area contributed by atoms with Crippen molar-refractivity contribution >= 4 is 17.5 Å². The first kappa shape index (κ1) is 18.8. The molecule has 2 aromatic carbocycles. The van der Waals surface area contributed by atoms with E-state index in [1.165, 1.54) is 12.1 Å². The van der Waals surface area contributed by atoms with Crippen LogP contribution in [0.5, 0.6) is 5.75 Å². The molecule has 3 rings (SSSR count). The number of alkyl halides is 3. The van der Waals surface area contributed by atoms with E-state index in [-0.39, 0.29) is 30.5 Å². The summed E-state index contributed by atoms with van der Waals surface area (Å²) >= 11 is 0. The van der Waals surface area contributed by atoms with Crippen LogP contribution in [0.3, 0.4) is 0 Å². The Bertz CT molecular complexity index is 835. The largest absolute Gasteiger partial charge is 0.484 e. The van der Waals surface area contributed by atoms with E-state index in [2.05, 4.69) is 15.4 Å². The zero-order valence-electron chi connectivity index (χ0n) is 14.2. The molecule has 0 saturated heterocycles. The van der Waals surface area contributed by atoms with Crippen molar-refractivity contribution in [2.24, 2.45) is 0 Å². The van der Waals surface area contributed by atoms with Crippen LogP contribution >= 0.6 is 0 Å². The van der Waals surface area contributed by atoms with Gasteiger partial charge in [-0.05, 0) is 29.3 Å². The second-order valence-electron chi connectivity index (χ2n) is 6.16. The molecule has 0 bridgehead atoms. The first-order valence-electron chi connectivity index (χ1n) is 8.27. The second-order valence-corrected chi connectivity index (χ2v) is 6.16. The second kappa shape index (κ2) is 7.69. The van der Waals surface area contributed by atoms with Crippen LogP contribution in [0.1, 0.15) is 23.5 Å². The molecule has 0 fully saturated rings. The van der Waals surface area contributed by atoms with Crippen LogP contribution in [-0.2, 0) is 16.1 Å². The van der Waals surface area contributed by atoms with Gasteiger partial charge in [0.15, 0.2) is 6.61 Å². The van der Waals surface area contributed by atoms with Gasteiger partial charge in [-0.1, -0.05) is 30.3 Å². The molecule has 0 spiro atoms. The van der Waals surface area contributed by atoms with E-state index in [0.29, 0.717) is 11.3 Å². The van der Waals surface area contributed by atoms with Crippen molar-refractivity contribution in [1.29, 1.82) is 0 Å². The van der Waals surface area contributed by atoms with E-state index in [1.54, 1.807) is 36.4 Å². The van der Waals surface area contributed by atoms with Gasteiger partial charge in [0.2, 0.25) is 11.8 Å². The summed E-state index contributed by atoms with van der Waals surface area (Å²) < 4.78 is 41.1. The van der Waals surface area contributed by atoms with Crippen molar-refractivity contribution in [3.8, 4) is 5.75 Å². The van der Waals surface area contributed by atoms with Gasteiger partial charge >= 0.3 is 6.18 Å². The van der Waals surface area contributed by atoms with Gasteiger partial charge in [-0.15, -0.1) is 0 Å². The molecule has 27 heavy (non-hydrogen) atoms. The number of halogens is 3. The maximum atomic E-state index is 12.5. The molecule has 0 radical (unpaired) electrons. The van der Waals surface area contributed by atoms with Gasteiger partial charge in [0.1, 0.15) is 5.75 Å². The summed E-state index contributed by atoms with van der Waals surface area (Å²) in [4.78, 5) is 24.3. The quantitative estimate of drug-likeness (QED) is 0.838. The SMILES string of the molecule is O=C1CC(C(=O)NCc2ccc(OCC(F)(F)F)cc2)c2ccccc2N1. The number of hydrogen-bond acceptors (Lipinski definition) is 3. The predicted molar refractivity (Wildman–Crippen MR) is 92.3 cm³/mol. The van der Waals surface area contributed by atoms with Crippen molar-refractivity contribution in [2.75, 3.05) is 11.9 Å². The van der Waals surface area contributed by atoms with Gasteiger partial charge < -0.3 is 15.4 Å². The van der Waals surface area contributed by atoms with Crippen molar-refractivity contribution in [3.05, 3.63) is 59.7 Å². The lowest BCUT2D eigenvalue weighted by molar-refractivity contribution is -0.153. The summed E-state index contributed by atoms with van der Waals surface area (Å²) in [5.74, 6) is -0.987. The molecule has 0 aliphatic carbocycles. The van der Waals surface area contributed by atoms with Crippen LogP contribution in [0.2, 0.25) is 0 Å². The Morgan fingerprint density at radius 1 is 1.15 bits per heavy atom. The zero-order chi connectivity index (χ0) is 19.4. The average Bonchev–Trinajstić information content (AvgIpc) is 2.64. The van der Waals surface area contributed by atoms with Crippen LogP contribution in [0.4, 0.5) is 18.9 Å². The van der Waals surface area contributed by atoms with Crippen LogP contribution in [0, 0.1) is 0 Å². The Balaban J connectivity index is 1.59. The maximum absolute atomic E-state index is 12.5. The molecular weight excluding hydrogens is 361 g/mol. The number of fused-ring (bicyclic) bond motifs is 1. The van der Waals surface area contributed by atoms with E-state index in [1.807, 2.05) is 0 Å². The van der Waals surface area contributed by atoms with Gasteiger partial charge in [0.25, 0.3) is 0 Å². The van der Waals surface area contributed by atoms with Crippen LogP contribution in [-0.4, -0.2) is 24.6 Å². The normalized spacial score (nSPS) is 16.3. The molecule has 1 heterocycles. The fourth-order valence-electron chi connectivity index (χ4n) is 2.83. The highest BCUT2D eigenvalue weighted by Gasteiger charge is 2.30. The lowest BCUT2D eigenvalue weighted by Crippen LogP contribution is -2.34. The molecule has 1 atom stereocenters.